The minimum atomic E-state index is -1.01. The monoisotopic (exact) mass is 257 g/mol. The Morgan fingerprint density at radius 2 is 2.06 bits per heavy atom. The highest BCUT2D eigenvalue weighted by atomic mass is 16.5. The van der Waals surface area contributed by atoms with E-state index in [-0.39, 0.29) is 12.3 Å². The fourth-order valence-electron chi connectivity index (χ4n) is 2.52. The van der Waals surface area contributed by atoms with Crippen molar-refractivity contribution in [3.63, 3.8) is 0 Å². The first-order chi connectivity index (χ1) is 8.29. The minimum absolute atomic E-state index is 0.136. The smallest absolute Gasteiger partial charge is 0.329 e. The van der Waals surface area contributed by atoms with Crippen molar-refractivity contribution in [1.29, 1.82) is 0 Å². The number of amides is 1. The number of carbonyl (C=O) groups excluding carboxylic acids is 1. The highest BCUT2D eigenvalue weighted by Crippen LogP contribution is 2.34. The normalized spacial score (nSPS) is 24.3. The molecule has 1 heterocycles. The zero-order valence-corrected chi connectivity index (χ0v) is 11.7. The van der Waals surface area contributed by atoms with E-state index in [2.05, 4.69) is 0 Å². The second-order valence-electron chi connectivity index (χ2n) is 5.48. The van der Waals surface area contributed by atoms with Gasteiger partial charge in [-0.15, -0.1) is 0 Å². The van der Waals surface area contributed by atoms with Crippen LogP contribution in [-0.2, 0) is 14.3 Å². The van der Waals surface area contributed by atoms with E-state index in [0.717, 1.165) is 6.42 Å². The zero-order valence-electron chi connectivity index (χ0n) is 11.7. The van der Waals surface area contributed by atoms with Gasteiger partial charge in [0.1, 0.15) is 5.54 Å². The van der Waals surface area contributed by atoms with Crippen LogP contribution in [0.4, 0.5) is 0 Å². The molecule has 0 aliphatic carbocycles. The van der Waals surface area contributed by atoms with Gasteiger partial charge in [0.25, 0.3) is 0 Å². The van der Waals surface area contributed by atoms with Crippen LogP contribution in [0.2, 0.25) is 0 Å². The Kier molecular flexibility index (Phi) is 4.37. The van der Waals surface area contributed by atoms with E-state index in [1.165, 1.54) is 4.90 Å². The van der Waals surface area contributed by atoms with Crippen LogP contribution < -0.4 is 0 Å². The van der Waals surface area contributed by atoms with Crippen molar-refractivity contribution in [2.45, 2.75) is 57.6 Å². The topological polar surface area (TPSA) is 66.8 Å². The van der Waals surface area contributed by atoms with Crippen LogP contribution in [0.25, 0.3) is 0 Å². The van der Waals surface area contributed by atoms with E-state index in [4.69, 9.17) is 4.74 Å². The molecule has 0 aromatic heterocycles. The number of ether oxygens (including phenoxy) is 1. The number of carbonyl (C=O) groups is 2. The van der Waals surface area contributed by atoms with Gasteiger partial charge in [0.2, 0.25) is 5.91 Å². The molecule has 1 aliphatic heterocycles. The lowest BCUT2D eigenvalue weighted by atomic mass is 9.92. The molecule has 1 fully saturated rings. The Balaban J connectivity index is 2.88. The number of rotatable bonds is 5. The summed E-state index contributed by atoms with van der Waals surface area (Å²) < 4.78 is 5.24. The molecule has 5 heteroatoms. The Morgan fingerprint density at radius 3 is 2.50 bits per heavy atom. The van der Waals surface area contributed by atoms with Gasteiger partial charge in [-0.2, -0.15) is 0 Å². The summed E-state index contributed by atoms with van der Waals surface area (Å²) in [5, 5.41) is 9.41. The zero-order chi connectivity index (χ0) is 14.0. The molecule has 0 radical (unpaired) electrons. The summed E-state index contributed by atoms with van der Waals surface area (Å²) in [6.07, 6.45) is 1.94. The van der Waals surface area contributed by atoms with Gasteiger partial charge in [-0.05, 0) is 33.1 Å². The van der Waals surface area contributed by atoms with Crippen LogP contribution >= 0.6 is 0 Å². The maximum absolute atomic E-state index is 12.3. The van der Waals surface area contributed by atoms with Crippen LogP contribution in [0.3, 0.4) is 0 Å². The van der Waals surface area contributed by atoms with E-state index in [0.29, 0.717) is 19.4 Å². The first-order valence-electron chi connectivity index (χ1n) is 6.38. The third-order valence-electron chi connectivity index (χ3n) is 3.90. The van der Waals surface area contributed by atoms with Gasteiger partial charge in [-0.3, -0.25) is 4.79 Å². The number of carboxylic acid groups (broad SMARTS) is 1. The first-order valence-corrected chi connectivity index (χ1v) is 6.38. The van der Waals surface area contributed by atoms with Crippen LogP contribution in [-0.4, -0.2) is 46.7 Å². The summed E-state index contributed by atoms with van der Waals surface area (Å²) in [4.78, 5) is 25.3. The average Bonchev–Trinajstić information content (AvgIpc) is 2.73. The predicted octanol–water partition coefficient (Wildman–Crippen LogP) is 1.66. The molecule has 1 amide bonds. The Morgan fingerprint density at radius 1 is 1.44 bits per heavy atom. The summed E-state index contributed by atoms with van der Waals surface area (Å²) >= 11 is 0. The van der Waals surface area contributed by atoms with Gasteiger partial charge < -0.3 is 14.7 Å². The SMILES string of the molecule is CCC1(C(=O)O)CCCN1C(=O)CC(C)(C)OC. The van der Waals surface area contributed by atoms with E-state index in [1.807, 2.05) is 20.8 Å². The molecule has 18 heavy (non-hydrogen) atoms. The lowest BCUT2D eigenvalue weighted by Crippen LogP contribution is -2.53. The lowest BCUT2D eigenvalue weighted by Gasteiger charge is -2.35. The van der Waals surface area contributed by atoms with Gasteiger partial charge in [0, 0.05) is 13.7 Å². The Bertz CT molecular complexity index is 340. The number of likely N-dealkylation sites (tertiary alicyclic amines) is 1. The summed E-state index contributed by atoms with van der Waals surface area (Å²) in [6.45, 7) is 6.00. The highest BCUT2D eigenvalue weighted by molar-refractivity contribution is 5.88. The van der Waals surface area contributed by atoms with Crippen molar-refractivity contribution in [3.05, 3.63) is 0 Å². The summed E-state index contributed by atoms with van der Waals surface area (Å²) in [6, 6.07) is 0. The number of aliphatic carboxylic acids is 1. The molecule has 0 aromatic rings. The fraction of sp³-hybridized carbons (Fsp3) is 0.846. The van der Waals surface area contributed by atoms with Gasteiger partial charge in [-0.25, -0.2) is 4.79 Å². The van der Waals surface area contributed by atoms with Crippen molar-refractivity contribution in [2.24, 2.45) is 0 Å². The summed E-state index contributed by atoms with van der Waals surface area (Å²) in [7, 11) is 1.56. The van der Waals surface area contributed by atoms with Crippen LogP contribution in [0, 0.1) is 0 Å². The van der Waals surface area contributed by atoms with E-state index < -0.39 is 17.1 Å². The van der Waals surface area contributed by atoms with E-state index in [1.54, 1.807) is 7.11 Å². The van der Waals surface area contributed by atoms with Crippen LogP contribution in [0.15, 0.2) is 0 Å². The average molecular weight is 257 g/mol. The van der Waals surface area contributed by atoms with Gasteiger partial charge in [-0.1, -0.05) is 6.92 Å². The first kappa shape index (κ1) is 15.0. The summed E-state index contributed by atoms with van der Waals surface area (Å²) in [5.41, 5.74) is -1.57. The fourth-order valence-corrected chi connectivity index (χ4v) is 2.52. The number of carboxylic acids is 1. The van der Waals surface area contributed by atoms with Crippen LogP contribution in [0.1, 0.15) is 46.5 Å². The molecule has 1 unspecified atom stereocenters. The van der Waals surface area contributed by atoms with Crippen molar-refractivity contribution >= 4 is 11.9 Å². The third kappa shape index (κ3) is 2.66. The predicted molar refractivity (Wildman–Crippen MR) is 67.3 cm³/mol. The maximum Gasteiger partial charge on any atom is 0.329 e. The van der Waals surface area contributed by atoms with E-state index >= 15 is 0 Å². The number of hydrogen-bond donors (Lipinski definition) is 1. The molecule has 0 saturated carbocycles. The van der Waals surface area contributed by atoms with Gasteiger partial charge in [0.15, 0.2) is 0 Å². The summed E-state index contributed by atoms with van der Waals surface area (Å²) in [5.74, 6) is -1.03. The molecule has 5 nitrogen and oxygen atoms in total. The lowest BCUT2D eigenvalue weighted by molar-refractivity contribution is -0.158. The Labute approximate surface area is 108 Å². The molecule has 1 N–H and O–H groups in total. The number of methoxy groups -OCH3 is 1. The minimum Gasteiger partial charge on any atom is -0.479 e. The highest BCUT2D eigenvalue weighted by Gasteiger charge is 2.48. The molecule has 1 atom stereocenters. The van der Waals surface area contributed by atoms with E-state index in [9.17, 15) is 14.7 Å². The molecule has 0 spiro atoms. The molecule has 0 aromatic carbocycles. The van der Waals surface area contributed by atoms with Crippen molar-refractivity contribution in [2.75, 3.05) is 13.7 Å². The third-order valence-corrected chi connectivity index (χ3v) is 3.90. The van der Waals surface area contributed by atoms with Crippen molar-refractivity contribution in [1.82, 2.24) is 4.90 Å². The molecule has 104 valence electrons. The standard InChI is InChI=1S/C13H23NO4/c1-5-13(11(16)17)7-6-8-14(13)10(15)9-12(2,3)18-4/h5-9H2,1-4H3,(H,16,17). The largest absolute Gasteiger partial charge is 0.479 e. The quantitative estimate of drug-likeness (QED) is 0.813. The molecule has 1 aliphatic rings. The van der Waals surface area contributed by atoms with Crippen molar-refractivity contribution < 1.29 is 19.4 Å². The number of nitrogens with zero attached hydrogens (tertiary/aromatic N) is 1. The molecule has 0 bridgehead atoms. The van der Waals surface area contributed by atoms with Gasteiger partial charge in [0.05, 0.1) is 12.0 Å². The molecular formula is C13H23NO4. The molecular weight excluding hydrogens is 234 g/mol. The Hall–Kier alpha value is -1.10. The van der Waals surface area contributed by atoms with Crippen molar-refractivity contribution in [3.8, 4) is 0 Å². The second kappa shape index (κ2) is 5.26. The van der Waals surface area contributed by atoms with Crippen LogP contribution in [0.5, 0.6) is 0 Å². The maximum atomic E-state index is 12.3. The number of hydrogen-bond acceptors (Lipinski definition) is 3. The molecule has 1 rings (SSSR count). The molecule has 1 saturated heterocycles. The second-order valence-corrected chi connectivity index (χ2v) is 5.48. The van der Waals surface area contributed by atoms with Gasteiger partial charge >= 0.3 is 5.97 Å².